The third-order valence-corrected chi connectivity index (χ3v) is 5.48. The van der Waals surface area contributed by atoms with Crippen molar-refractivity contribution in [3.8, 4) is 0 Å². The number of nitrogens with zero attached hydrogens (tertiary/aromatic N) is 1. The van der Waals surface area contributed by atoms with Crippen molar-refractivity contribution in [2.45, 2.75) is 6.42 Å². The van der Waals surface area contributed by atoms with Crippen LogP contribution in [0.4, 0.5) is 5.69 Å². The van der Waals surface area contributed by atoms with Gasteiger partial charge in [-0.3, -0.25) is 9.59 Å². The number of allylic oxidation sites excluding steroid dienone is 2. The molecule has 0 unspecified atom stereocenters. The number of benzene rings is 1. The lowest BCUT2D eigenvalue weighted by Crippen LogP contribution is -2.33. The number of imide groups is 1. The minimum Gasteiger partial charge on any atom is -0.274 e. The summed E-state index contributed by atoms with van der Waals surface area (Å²) >= 11 is 2.18. The Morgan fingerprint density at radius 1 is 1.00 bits per heavy atom. The van der Waals surface area contributed by atoms with Crippen LogP contribution in [0, 0.1) is 27.2 Å². The highest BCUT2D eigenvalue weighted by Crippen LogP contribution is 2.53. The van der Waals surface area contributed by atoms with Gasteiger partial charge in [-0.15, -0.1) is 0 Å². The molecule has 19 heavy (non-hydrogen) atoms. The lowest BCUT2D eigenvalue weighted by Gasteiger charge is -2.18. The molecule has 1 aromatic rings. The topological polar surface area (TPSA) is 37.4 Å². The van der Waals surface area contributed by atoms with E-state index in [2.05, 4.69) is 34.7 Å². The first kappa shape index (κ1) is 11.6. The second kappa shape index (κ2) is 3.91. The maximum absolute atomic E-state index is 12.6. The van der Waals surface area contributed by atoms with E-state index >= 15 is 0 Å². The van der Waals surface area contributed by atoms with Crippen LogP contribution in [-0.4, -0.2) is 11.8 Å². The number of para-hydroxylation sites is 1. The van der Waals surface area contributed by atoms with Crippen molar-refractivity contribution < 1.29 is 9.59 Å². The minimum absolute atomic E-state index is 0.00374. The number of anilines is 1. The molecule has 4 atom stereocenters. The Morgan fingerprint density at radius 3 is 2.16 bits per heavy atom. The zero-order chi connectivity index (χ0) is 13.1. The molecule has 0 spiro atoms. The zero-order valence-corrected chi connectivity index (χ0v) is 12.3. The van der Waals surface area contributed by atoms with Crippen LogP contribution in [0.3, 0.4) is 0 Å². The third kappa shape index (κ3) is 1.43. The molecule has 2 fully saturated rings. The van der Waals surface area contributed by atoms with E-state index in [1.54, 1.807) is 0 Å². The fraction of sp³-hybridized carbons (Fsp3) is 0.333. The summed E-state index contributed by atoms with van der Waals surface area (Å²) in [6, 6.07) is 7.58. The minimum atomic E-state index is -0.112. The largest absolute Gasteiger partial charge is 0.274 e. The second-order valence-electron chi connectivity index (χ2n) is 5.46. The molecule has 2 aliphatic carbocycles. The van der Waals surface area contributed by atoms with Crippen LogP contribution in [0.1, 0.15) is 6.42 Å². The number of rotatable bonds is 1. The molecule has 0 aromatic heterocycles. The van der Waals surface area contributed by atoms with Gasteiger partial charge in [0.2, 0.25) is 11.8 Å². The van der Waals surface area contributed by atoms with E-state index in [0.717, 1.165) is 15.7 Å². The summed E-state index contributed by atoms with van der Waals surface area (Å²) in [7, 11) is 0. The molecule has 4 heteroatoms. The molecule has 96 valence electrons. The summed E-state index contributed by atoms with van der Waals surface area (Å²) in [6.45, 7) is 0. The smallest absolute Gasteiger partial charge is 0.238 e. The van der Waals surface area contributed by atoms with Gasteiger partial charge in [0.05, 0.1) is 17.5 Å². The Balaban J connectivity index is 1.79. The Morgan fingerprint density at radius 2 is 1.58 bits per heavy atom. The Labute approximate surface area is 124 Å². The van der Waals surface area contributed by atoms with E-state index < -0.39 is 0 Å². The molecule has 3 nitrogen and oxygen atoms in total. The van der Waals surface area contributed by atoms with Gasteiger partial charge in [-0.25, -0.2) is 4.90 Å². The van der Waals surface area contributed by atoms with Gasteiger partial charge < -0.3 is 0 Å². The predicted molar refractivity (Wildman–Crippen MR) is 79.4 cm³/mol. The molecule has 0 radical (unpaired) electrons. The molecule has 3 aliphatic rings. The molecule has 0 N–H and O–H groups in total. The van der Waals surface area contributed by atoms with Crippen LogP contribution >= 0.6 is 22.6 Å². The number of halogens is 1. The van der Waals surface area contributed by atoms with Crippen LogP contribution in [0.15, 0.2) is 36.4 Å². The Hall–Kier alpha value is -1.17. The summed E-state index contributed by atoms with van der Waals surface area (Å²) < 4.78 is 0.946. The van der Waals surface area contributed by atoms with Gasteiger partial charge in [0.25, 0.3) is 0 Å². The van der Waals surface area contributed by atoms with Gasteiger partial charge in [0.1, 0.15) is 0 Å². The van der Waals surface area contributed by atoms with Gasteiger partial charge in [-0.2, -0.15) is 0 Å². The lowest BCUT2D eigenvalue weighted by molar-refractivity contribution is -0.123. The Bertz CT molecular complexity index is 594. The van der Waals surface area contributed by atoms with E-state index in [1.165, 1.54) is 4.90 Å². The van der Waals surface area contributed by atoms with Gasteiger partial charge in [-0.05, 0) is 53.0 Å². The van der Waals surface area contributed by atoms with Gasteiger partial charge in [0.15, 0.2) is 0 Å². The van der Waals surface area contributed by atoms with Gasteiger partial charge >= 0.3 is 0 Å². The van der Waals surface area contributed by atoms with Gasteiger partial charge in [-0.1, -0.05) is 24.3 Å². The summed E-state index contributed by atoms with van der Waals surface area (Å²) in [4.78, 5) is 26.6. The summed E-state index contributed by atoms with van der Waals surface area (Å²) in [5.74, 6) is 0.319. The van der Waals surface area contributed by atoms with Crippen molar-refractivity contribution in [3.63, 3.8) is 0 Å². The van der Waals surface area contributed by atoms with E-state index in [-0.39, 0.29) is 35.5 Å². The maximum Gasteiger partial charge on any atom is 0.238 e. The number of amides is 2. The SMILES string of the molecule is O=C1[C@H]2[C@H](C(=O)N1c1ccccc1I)[C@H]1C=C[C@H]2C1. The highest BCUT2D eigenvalue weighted by atomic mass is 127. The van der Waals surface area contributed by atoms with Crippen molar-refractivity contribution in [3.05, 3.63) is 40.0 Å². The molecule has 1 aromatic carbocycles. The number of carbonyl (C=O) groups excluding carboxylic acids is 2. The monoisotopic (exact) mass is 365 g/mol. The third-order valence-electron chi connectivity index (χ3n) is 4.56. The number of hydrogen-bond acceptors (Lipinski definition) is 2. The van der Waals surface area contributed by atoms with Crippen molar-refractivity contribution in [1.29, 1.82) is 0 Å². The fourth-order valence-electron chi connectivity index (χ4n) is 3.77. The summed E-state index contributed by atoms with van der Waals surface area (Å²) in [5, 5.41) is 0. The van der Waals surface area contributed by atoms with E-state index in [0.29, 0.717) is 0 Å². The number of carbonyl (C=O) groups is 2. The molecule has 4 rings (SSSR count). The molecule has 1 saturated carbocycles. The maximum atomic E-state index is 12.6. The molecule has 1 heterocycles. The molecule has 1 saturated heterocycles. The Kier molecular flexibility index (Phi) is 2.40. The number of hydrogen-bond donors (Lipinski definition) is 0. The predicted octanol–water partition coefficient (Wildman–Crippen LogP) is 2.60. The fourth-order valence-corrected chi connectivity index (χ4v) is 4.40. The van der Waals surface area contributed by atoms with Crippen molar-refractivity contribution in [2.75, 3.05) is 4.90 Å². The van der Waals surface area contributed by atoms with Crippen LogP contribution < -0.4 is 4.90 Å². The van der Waals surface area contributed by atoms with Crippen molar-refractivity contribution >= 4 is 40.1 Å². The zero-order valence-electron chi connectivity index (χ0n) is 10.1. The van der Waals surface area contributed by atoms with E-state index in [4.69, 9.17) is 0 Å². The van der Waals surface area contributed by atoms with Crippen LogP contribution in [-0.2, 0) is 9.59 Å². The highest BCUT2D eigenvalue weighted by molar-refractivity contribution is 14.1. The first-order valence-corrected chi connectivity index (χ1v) is 7.57. The van der Waals surface area contributed by atoms with Crippen LogP contribution in [0.2, 0.25) is 0 Å². The molecular weight excluding hydrogens is 353 g/mol. The molecule has 1 aliphatic heterocycles. The standard InChI is InChI=1S/C15H12INO2/c16-10-3-1-2-4-11(10)17-14(18)12-8-5-6-9(7-8)13(12)15(17)19/h1-6,8-9,12-13H,7H2/t8-,9-,12+,13+/m0/s1. The van der Waals surface area contributed by atoms with E-state index in [1.807, 2.05) is 24.3 Å². The van der Waals surface area contributed by atoms with Crippen molar-refractivity contribution in [2.24, 2.45) is 23.7 Å². The summed E-state index contributed by atoms with van der Waals surface area (Å²) in [6.07, 6.45) is 5.22. The quantitative estimate of drug-likeness (QED) is 0.436. The van der Waals surface area contributed by atoms with Crippen LogP contribution in [0.5, 0.6) is 0 Å². The summed E-state index contributed by atoms with van der Waals surface area (Å²) in [5.41, 5.74) is 0.743. The van der Waals surface area contributed by atoms with E-state index in [9.17, 15) is 9.59 Å². The normalized spacial score (nSPS) is 35.3. The van der Waals surface area contributed by atoms with Gasteiger partial charge in [0, 0.05) is 3.57 Å². The number of fused-ring (bicyclic) bond motifs is 5. The van der Waals surface area contributed by atoms with Crippen molar-refractivity contribution in [1.82, 2.24) is 0 Å². The molecule has 2 bridgehead atoms. The van der Waals surface area contributed by atoms with Crippen LogP contribution in [0.25, 0.3) is 0 Å². The first-order valence-electron chi connectivity index (χ1n) is 6.49. The molecule has 2 amide bonds. The lowest BCUT2D eigenvalue weighted by atomic mass is 9.85. The average molecular weight is 365 g/mol. The highest BCUT2D eigenvalue weighted by Gasteiger charge is 2.59. The molecular formula is C15H12INO2. The second-order valence-corrected chi connectivity index (χ2v) is 6.63. The average Bonchev–Trinajstić information content (AvgIpc) is 3.06. The first-order chi connectivity index (χ1) is 9.18.